The van der Waals surface area contributed by atoms with E-state index in [1.807, 2.05) is 6.07 Å². The van der Waals surface area contributed by atoms with Crippen molar-refractivity contribution in [1.82, 2.24) is 4.98 Å². The monoisotopic (exact) mass is 251 g/mol. The minimum absolute atomic E-state index is 0.166. The van der Waals surface area contributed by atoms with E-state index in [0.29, 0.717) is 18.7 Å². The number of rotatable bonds is 7. The van der Waals surface area contributed by atoms with Crippen LogP contribution in [0.3, 0.4) is 0 Å². The largest absolute Gasteiger partial charge is 0.466 e. The second-order valence-corrected chi connectivity index (χ2v) is 3.64. The highest BCUT2D eigenvalue weighted by Crippen LogP contribution is 2.02. The summed E-state index contributed by atoms with van der Waals surface area (Å²) in [5, 5.41) is 0. The van der Waals surface area contributed by atoms with Crippen molar-refractivity contribution in [2.45, 2.75) is 32.8 Å². The van der Waals surface area contributed by atoms with E-state index in [0.717, 1.165) is 0 Å². The van der Waals surface area contributed by atoms with Crippen LogP contribution in [0.2, 0.25) is 0 Å². The van der Waals surface area contributed by atoms with Gasteiger partial charge in [0.2, 0.25) is 0 Å². The minimum Gasteiger partial charge on any atom is -0.466 e. The molecule has 18 heavy (non-hydrogen) atoms. The van der Waals surface area contributed by atoms with Gasteiger partial charge in [-0.3, -0.25) is 14.6 Å². The first-order valence-electron chi connectivity index (χ1n) is 5.93. The summed E-state index contributed by atoms with van der Waals surface area (Å²) in [4.78, 5) is 26.4. The van der Waals surface area contributed by atoms with Crippen LogP contribution in [0.1, 0.15) is 31.9 Å². The van der Waals surface area contributed by atoms with Crippen LogP contribution in [0.4, 0.5) is 0 Å². The van der Waals surface area contributed by atoms with Gasteiger partial charge in [-0.2, -0.15) is 0 Å². The topological polar surface area (TPSA) is 65.5 Å². The third-order valence-corrected chi connectivity index (χ3v) is 2.17. The maximum atomic E-state index is 11.4. The molecule has 0 saturated carbocycles. The summed E-state index contributed by atoms with van der Waals surface area (Å²) in [5.74, 6) is -0.611. The van der Waals surface area contributed by atoms with Crippen molar-refractivity contribution < 1.29 is 19.1 Å². The van der Waals surface area contributed by atoms with E-state index in [1.165, 1.54) is 0 Å². The molecule has 0 aliphatic rings. The molecule has 1 heterocycles. The lowest BCUT2D eigenvalue weighted by Crippen LogP contribution is -2.08. The van der Waals surface area contributed by atoms with E-state index >= 15 is 0 Å². The summed E-state index contributed by atoms with van der Waals surface area (Å²) >= 11 is 0. The minimum atomic E-state index is -0.329. The first-order valence-corrected chi connectivity index (χ1v) is 5.93. The van der Waals surface area contributed by atoms with Crippen LogP contribution >= 0.6 is 0 Å². The molecule has 98 valence electrons. The number of aromatic nitrogens is 1. The van der Waals surface area contributed by atoms with Gasteiger partial charge in [-0.05, 0) is 25.5 Å². The number of hydrogen-bond donors (Lipinski definition) is 0. The molecule has 1 aromatic heterocycles. The molecule has 0 unspecified atom stereocenters. The number of carbonyl (C=O) groups excluding carboxylic acids is 2. The van der Waals surface area contributed by atoms with Gasteiger partial charge in [-0.15, -0.1) is 0 Å². The molecule has 0 fully saturated rings. The molecule has 1 aromatic rings. The lowest BCUT2D eigenvalue weighted by atomic mass is 10.2. The number of carbonyl (C=O) groups is 2. The Kier molecular flexibility index (Phi) is 6.46. The van der Waals surface area contributed by atoms with Gasteiger partial charge in [0.25, 0.3) is 0 Å². The van der Waals surface area contributed by atoms with Crippen molar-refractivity contribution in [3.8, 4) is 0 Å². The SMILES string of the molecule is CCOC(=O)CCCC(=O)OCc1ccccn1. The molecule has 0 aliphatic heterocycles. The average Bonchev–Trinajstić information content (AvgIpc) is 2.38. The molecule has 5 nitrogen and oxygen atoms in total. The first-order chi connectivity index (χ1) is 8.72. The number of hydrogen-bond acceptors (Lipinski definition) is 5. The molecule has 0 aliphatic carbocycles. The number of pyridine rings is 1. The van der Waals surface area contributed by atoms with Crippen LogP contribution in [0.15, 0.2) is 24.4 Å². The van der Waals surface area contributed by atoms with Crippen molar-refractivity contribution >= 4 is 11.9 Å². The summed E-state index contributed by atoms with van der Waals surface area (Å²) in [6.07, 6.45) is 2.54. The highest BCUT2D eigenvalue weighted by molar-refractivity contribution is 5.72. The number of nitrogens with zero attached hydrogens (tertiary/aromatic N) is 1. The molecule has 0 saturated heterocycles. The zero-order valence-electron chi connectivity index (χ0n) is 10.4. The number of ether oxygens (including phenoxy) is 2. The fourth-order valence-electron chi connectivity index (χ4n) is 1.32. The Hall–Kier alpha value is -1.91. The van der Waals surface area contributed by atoms with Gasteiger partial charge in [-0.1, -0.05) is 6.07 Å². The molecule has 0 aromatic carbocycles. The molecule has 0 radical (unpaired) electrons. The van der Waals surface area contributed by atoms with E-state index in [-0.39, 0.29) is 31.4 Å². The fourth-order valence-corrected chi connectivity index (χ4v) is 1.32. The maximum absolute atomic E-state index is 11.4. The lowest BCUT2D eigenvalue weighted by molar-refractivity contribution is -0.146. The van der Waals surface area contributed by atoms with Crippen molar-refractivity contribution in [2.24, 2.45) is 0 Å². The van der Waals surface area contributed by atoms with Crippen LogP contribution < -0.4 is 0 Å². The predicted molar refractivity (Wildman–Crippen MR) is 64.5 cm³/mol. The third kappa shape index (κ3) is 5.98. The smallest absolute Gasteiger partial charge is 0.306 e. The van der Waals surface area contributed by atoms with Gasteiger partial charge in [0.1, 0.15) is 6.61 Å². The highest BCUT2D eigenvalue weighted by atomic mass is 16.5. The Bertz CT molecular complexity index is 378. The molecule has 0 bridgehead atoms. The summed E-state index contributed by atoms with van der Waals surface area (Å²) in [5.41, 5.74) is 0.705. The molecular weight excluding hydrogens is 234 g/mol. The summed E-state index contributed by atoms with van der Waals surface area (Å²) in [6, 6.07) is 5.41. The Morgan fingerprint density at radius 1 is 1.17 bits per heavy atom. The Morgan fingerprint density at radius 2 is 1.89 bits per heavy atom. The predicted octanol–water partition coefficient (Wildman–Crippen LogP) is 1.86. The molecule has 1 rings (SSSR count). The van der Waals surface area contributed by atoms with Crippen LogP contribution in [-0.4, -0.2) is 23.5 Å². The van der Waals surface area contributed by atoms with E-state index in [4.69, 9.17) is 9.47 Å². The Labute approximate surface area is 106 Å². The Balaban J connectivity index is 2.13. The zero-order chi connectivity index (χ0) is 13.2. The summed E-state index contributed by atoms with van der Waals surface area (Å²) < 4.78 is 9.77. The van der Waals surface area contributed by atoms with E-state index in [9.17, 15) is 9.59 Å². The summed E-state index contributed by atoms with van der Waals surface area (Å²) in [6.45, 7) is 2.28. The summed E-state index contributed by atoms with van der Waals surface area (Å²) in [7, 11) is 0. The van der Waals surface area contributed by atoms with Gasteiger partial charge in [0, 0.05) is 19.0 Å². The molecule has 0 spiro atoms. The van der Waals surface area contributed by atoms with Gasteiger partial charge >= 0.3 is 11.9 Å². The molecule has 0 amide bonds. The van der Waals surface area contributed by atoms with Crippen LogP contribution in [0.25, 0.3) is 0 Å². The highest BCUT2D eigenvalue weighted by Gasteiger charge is 2.07. The lowest BCUT2D eigenvalue weighted by Gasteiger charge is -2.04. The molecule has 0 atom stereocenters. The van der Waals surface area contributed by atoms with Crippen LogP contribution in [0, 0.1) is 0 Å². The second-order valence-electron chi connectivity index (χ2n) is 3.64. The zero-order valence-corrected chi connectivity index (χ0v) is 10.4. The number of esters is 2. The van der Waals surface area contributed by atoms with Crippen molar-refractivity contribution in [3.05, 3.63) is 30.1 Å². The molecular formula is C13H17NO4. The van der Waals surface area contributed by atoms with Crippen molar-refractivity contribution in [1.29, 1.82) is 0 Å². The van der Waals surface area contributed by atoms with E-state index in [1.54, 1.807) is 25.3 Å². The van der Waals surface area contributed by atoms with Crippen LogP contribution in [-0.2, 0) is 25.7 Å². The average molecular weight is 251 g/mol. The van der Waals surface area contributed by atoms with Crippen LogP contribution in [0.5, 0.6) is 0 Å². The van der Waals surface area contributed by atoms with E-state index in [2.05, 4.69) is 4.98 Å². The van der Waals surface area contributed by atoms with Crippen molar-refractivity contribution in [2.75, 3.05) is 6.61 Å². The molecule has 5 heteroatoms. The van der Waals surface area contributed by atoms with E-state index < -0.39 is 0 Å². The Morgan fingerprint density at radius 3 is 2.50 bits per heavy atom. The fraction of sp³-hybridized carbons (Fsp3) is 0.462. The molecule has 0 N–H and O–H groups in total. The standard InChI is InChI=1S/C13H17NO4/c1-2-17-12(15)7-5-8-13(16)18-10-11-6-3-4-9-14-11/h3-4,6,9H,2,5,7-8,10H2,1H3. The van der Waals surface area contributed by atoms with Gasteiger partial charge in [-0.25, -0.2) is 0 Å². The normalized spacial score (nSPS) is 9.83. The first kappa shape index (κ1) is 14.2. The quantitative estimate of drug-likeness (QED) is 0.692. The van der Waals surface area contributed by atoms with Crippen molar-refractivity contribution in [3.63, 3.8) is 0 Å². The third-order valence-electron chi connectivity index (χ3n) is 2.17. The van der Waals surface area contributed by atoms with Gasteiger partial charge in [0.15, 0.2) is 0 Å². The van der Waals surface area contributed by atoms with Gasteiger partial charge in [0.05, 0.1) is 12.3 Å². The second kappa shape index (κ2) is 8.22. The van der Waals surface area contributed by atoms with Gasteiger partial charge < -0.3 is 9.47 Å². The maximum Gasteiger partial charge on any atom is 0.306 e.